The van der Waals surface area contributed by atoms with Crippen molar-refractivity contribution in [2.45, 2.75) is 32.4 Å². The van der Waals surface area contributed by atoms with Crippen LogP contribution in [0.25, 0.3) is 0 Å². The molecule has 0 aliphatic carbocycles. The summed E-state index contributed by atoms with van der Waals surface area (Å²) in [6, 6.07) is -0.662. The highest BCUT2D eigenvalue weighted by molar-refractivity contribution is 14.1. The monoisotopic (exact) mass is 329 g/mol. The minimum Gasteiger partial charge on any atom is -0.467 e. The molecule has 0 saturated heterocycles. The van der Waals surface area contributed by atoms with Crippen LogP contribution < -0.4 is 5.32 Å². The first-order valence-corrected chi connectivity index (χ1v) is 5.96. The molecule has 6 heteroatoms. The molecule has 88 valence electrons. The number of alkyl halides is 1. The minimum absolute atomic E-state index is 0.434. The SMILES string of the molecule is COC(=O)[C@H](CI)NC(=O)OC(C)(C)C. The normalized spacial score (nSPS) is 12.9. The van der Waals surface area contributed by atoms with E-state index in [9.17, 15) is 9.59 Å². The third-order valence-electron chi connectivity index (χ3n) is 1.33. The molecule has 1 amide bonds. The Hall–Kier alpha value is -0.530. The minimum atomic E-state index is -0.662. The molecular weight excluding hydrogens is 313 g/mol. The standard InChI is InChI=1S/C9H16INO4/c1-9(2,3)15-8(13)11-6(5-10)7(12)14-4/h6H,5H2,1-4H3,(H,11,13)/t6-/m0/s1. The largest absolute Gasteiger partial charge is 0.467 e. The first kappa shape index (κ1) is 14.5. The van der Waals surface area contributed by atoms with E-state index >= 15 is 0 Å². The number of halogens is 1. The van der Waals surface area contributed by atoms with Crippen molar-refractivity contribution in [1.82, 2.24) is 5.32 Å². The number of carbonyl (C=O) groups is 2. The maximum absolute atomic E-state index is 11.3. The molecular formula is C9H16INO4. The van der Waals surface area contributed by atoms with Crippen LogP contribution >= 0.6 is 22.6 Å². The molecule has 0 fully saturated rings. The van der Waals surface area contributed by atoms with E-state index in [2.05, 4.69) is 10.1 Å². The van der Waals surface area contributed by atoms with Crippen LogP contribution in [0.5, 0.6) is 0 Å². The van der Waals surface area contributed by atoms with E-state index in [4.69, 9.17) is 4.74 Å². The van der Waals surface area contributed by atoms with Gasteiger partial charge in [0.05, 0.1) is 7.11 Å². The lowest BCUT2D eigenvalue weighted by Crippen LogP contribution is -2.44. The number of hydrogen-bond donors (Lipinski definition) is 1. The van der Waals surface area contributed by atoms with Crippen molar-refractivity contribution in [3.8, 4) is 0 Å². The van der Waals surface area contributed by atoms with Crippen molar-refractivity contribution in [3.63, 3.8) is 0 Å². The van der Waals surface area contributed by atoms with Crippen molar-refractivity contribution in [3.05, 3.63) is 0 Å². The van der Waals surface area contributed by atoms with Gasteiger partial charge in [-0.15, -0.1) is 0 Å². The zero-order chi connectivity index (χ0) is 12.1. The molecule has 0 saturated carbocycles. The summed E-state index contributed by atoms with van der Waals surface area (Å²) in [5, 5.41) is 2.43. The first-order valence-electron chi connectivity index (χ1n) is 4.43. The van der Waals surface area contributed by atoms with Crippen LogP contribution in [0.15, 0.2) is 0 Å². The fourth-order valence-corrected chi connectivity index (χ4v) is 1.33. The number of nitrogens with one attached hydrogen (secondary N) is 1. The van der Waals surface area contributed by atoms with Gasteiger partial charge in [0.25, 0.3) is 0 Å². The third-order valence-corrected chi connectivity index (χ3v) is 2.21. The molecule has 0 aromatic rings. The van der Waals surface area contributed by atoms with E-state index in [0.717, 1.165) is 0 Å². The Kier molecular flexibility index (Phi) is 5.92. The number of methoxy groups -OCH3 is 1. The molecule has 0 unspecified atom stereocenters. The van der Waals surface area contributed by atoms with Crippen LogP contribution in [0.3, 0.4) is 0 Å². The van der Waals surface area contributed by atoms with Gasteiger partial charge in [0.15, 0.2) is 0 Å². The Bertz CT molecular complexity index is 237. The van der Waals surface area contributed by atoms with Gasteiger partial charge in [-0.2, -0.15) is 0 Å². The van der Waals surface area contributed by atoms with Gasteiger partial charge >= 0.3 is 12.1 Å². The average Bonchev–Trinajstić information content (AvgIpc) is 2.10. The molecule has 0 aromatic carbocycles. The summed E-state index contributed by atoms with van der Waals surface area (Å²) in [6.07, 6.45) is -0.616. The van der Waals surface area contributed by atoms with Crippen molar-refractivity contribution >= 4 is 34.7 Å². The van der Waals surface area contributed by atoms with E-state index in [1.807, 2.05) is 22.6 Å². The quantitative estimate of drug-likeness (QED) is 0.484. The lowest BCUT2D eigenvalue weighted by atomic mass is 10.2. The number of carbonyl (C=O) groups excluding carboxylic acids is 2. The van der Waals surface area contributed by atoms with Gasteiger partial charge in [-0.05, 0) is 20.8 Å². The van der Waals surface area contributed by atoms with Gasteiger partial charge in [-0.3, -0.25) is 0 Å². The molecule has 0 heterocycles. The molecule has 0 spiro atoms. The maximum atomic E-state index is 11.3. The molecule has 5 nitrogen and oxygen atoms in total. The van der Waals surface area contributed by atoms with Crippen molar-refractivity contribution in [2.24, 2.45) is 0 Å². The fourth-order valence-electron chi connectivity index (χ4n) is 0.753. The Morgan fingerprint density at radius 2 is 1.93 bits per heavy atom. The van der Waals surface area contributed by atoms with Gasteiger partial charge in [0, 0.05) is 4.43 Å². The van der Waals surface area contributed by atoms with Crippen molar-refractivity contribution in [1.29, 1.82) is 0 Å². The maximum Gasteiger partial charge on any atom is 0.408 e. The van der Waals surface area contributed by atoms with Crippen LogP contribution in [0.1, 0.15) is 20.8 Å². The summed E-state index contributed by atoms with van der Waals surface area (Å²) in [5.74, 6) is -0.477. The highest BCUT2D eigenvalue weighted by Crippen LogP contribution is 2.07. The second-order valence-corrected chi connectivity index (χ2v) is 4.76. The highest BCUT2D eigenvalue weighted by atomic mass is 127. The van der Waals surface area contributed by atoms with E-state index < -0.39 is 23.7 Å². The molecule has 0 aromatic heterocycles. The van der Waals surface area contributed by atoms with Crippen LogP contribution in [-0.4, -0.2) is 35.2 Å². The smallest absolute Gasteiger partial charge is 0.408 e. The summed E-state index contributed by atoms with van der Waals surface area (Å²) in [4.78, 5) is 22.5. The number of hydrogen-bond acceptors (Lipinski definition) is 4. The second-order valence-electron chi connectivity index (χ2n) is 3.88. The predicted molar refractivity (Wildman–Crippen MR) is 64.1 cm³/mol. The third kappa shape index (κ3) is 6.53. The van der Waals surface area contributed by atoms with Gasteiger partial charge < -0.3 is 14.8 Å². The topological polar surface area (TPSA) is 64.6 Å². The van der Waals surface area contributed by atoms with Crippen molar-refractivity contribution in [2.75, 3.05) is 11.5 Å². The van der Waals surface area contributed by atoms with Gasteiger partial charge in [0.2, 0.25) is 0 Å². The Morgan fingerprint density at radius 1 is 1.40 bits per heavy atom. The highest BCUT2D eigenvalue weighted by Gasteiger charge is 2.23. The first-order chi connectivity index (χ1) is 6.80. The molecule has 0 bridgehead atoms. The van der Waals surface area contributed by atoms with Gasteiger partial charge in [-0.25, -0.2) is 9.59 Å². The van der Waals surface area contributed by atoms with Crippen LogP contribution in [0, 0.1) is 0 Å². The van der Waals surface area contributed by atoms with Crippen LogP contribution in [0.4, 0.5) is 4.79 Å². The second kappa shape index (κ2) is 6.14. The average molecular weight is 329 g/mol. The molecule has 15 heavy (non-hydrogen) atoms. The zero-order valence-electron chi connectivity index (χ0n) is 9.30. The summed E-state index contributed by atoms with van der Waals surface area (Å²) < 4.78 is 9.96. The summed E-state index contributed by atoms with van der Waals surface area (Å²) in [5.41, 5.74) is -0.573. The Labute approximate surface area is 103 Å². The Balaban J connectivity index is 4.20. The van der Waals surface area contributed by atoms with Crippen LogP contribution in [0.2, 0.25) is 0 Å². The molecule has 0 radical (unpaired) electrons. The zero-order valence-corrected chi connectivity index (χ0v) is 11.5. The summed E-state index contributed by atoms with van der Waals surface area (Å²) in [7, 11) is 1.28. The Morgan fingerprint density at radius 3 is 2.27 bits per heavy atom. The van der Waals surface area contributed by atoms with E-state index in [1.54, 1.807) is 20.8 Å². The van der Waals surface area contributed by atoms with Gasteiger partial charge in [-0.1, -0.05) is 22.6 Å². The van der Waals surface area contributed by atoms with E-state index in [-0.39, 0.29) is 0 Å². The summed E-state index contributed by atoms with van der Waals surface area (Å²) >= 11 is 1.99. The molecule has 0 aliphatic rings. The van der Waals surface area contributed by atoms with Crippen molar-refractivity contribution < 1.29 is 19.1 Å². The number of ether oxygens (including phenoxy) is 2. The number of amides is 1. The molecule has 0 rings (SSSR count). The van der Waals surface area contributed by atoms with Crippen LogP contribution in [-0.2, 0) is 14.3 Å². The molecule has 0 aliphatic heterocycles. The molecule has 1 atom stereocenters. The fraction of sp³-hybridized carbons (Fsp3) is 0.778. The van der Waals surface area contributed by atoms with E-state index in [0.29, 0.717) is 4.43 Å². The van der Waals surface area contributed by atoms with E-state index in [1.165, 1.54) is 7.11 Å². The predicted octanol–water partition coefficient (Wildman–Crippen LogP) is 1.49. The lowest BCUT2D eigenvalue weighted by Gasteiger charge is -2.21. The summed E-state index contributed by atoms with van der Waals surface area (Å²) in [6.45, 7) is 5.26. The number of alkyl carbamates (subject to hydrolysis) is 1. The van der Waals surface area contributed by atoms with Gasteiger partial charge in [0.1, 0.15) is 11.6 Å². The number of esters is 1. The lowest BCUT2D eigenvalue weighted by molar-refractivity contribution is -0.142. The number of rotatable bonds is 3. The molecule has 1 N–H and O–H groups in total.